The molecule has 6 aromatic heterocycles. The molecule has 49 heteroatoms. The number of sulfonamides is 4. The predicted octanol–water partition coefficient (Wildman–Crippen LogP) is 15.4. The average molecular weight is 1960 g/mol. The first kappa shape index (κ1) is 91.5. The molecule has 0 spiro atoms. The van der Waals surface area contributed by atoms with Gasteiger partial charge in [0.25, 0.3) is 63.7 Å². The Kier molecular flexibility index (Phi) is 28.5. The van der Waals surface area contributed by atoms with E-state index in [1.165, 1.54) is 101 Å². The molecule has 16 rings (SSSR count). The van der Waals surface area contributed by atoms with E-state index in [2.05, 4.69) is 46.3 Å². The van der Waals surface area contributed by atoms with Crippen molar-refractivity contribution in [1.82, 2.24) is 28.9 Å². The zero-order valence-electron chi connectivity index (χ0n) is 63.8. The van der Waals surface area contributed by atoms with Crippen molar-refractivity contribution >= 4 is 248 Å². The van der Waals surface area contributed by atoms with Gasteiger partial charge in [-0.3, -0.25) is 24.5 Å². The van der Waals surface area contributed by atoms with Crippen molar-refractivity contribution in [2.75, 3.05) is 41.3 Å². The Morgan fingerprint density at radius 3 is 1.02 bits per heavy atom. The maximum Gasteiger partial charge on any atom is 0.334 e. The van der Waals surface area contributed by atoms with Crippen LogP contribution in [0.4, 0.5) is 78.1 Å². The molecule has 0 bridgehead atoms. The number of carbonyl (C=O) groups is 8. The average Bonchev–Trinajstić information content (AvgIpc) is 1.84. The van der Waals surface area contributed by atoms with Crippen molar-refractivity contribution in [3.63, 3.8) is 0 Å². The number of nitrogens with one attached hydrogen (secondary N) is 8. The molecular formula is C78H55Cl4F3N18O16S8. The van der Waals surface area contributed by atoms with E-state index < -0.39 is 99.2 Å². The number of halogens is 7. The van der Waals surface area contributed by atoms with E-state index in [1.807, 2.05) is 98.3 Å². The first-order chi connectivity index (χ1) is 60.5. The van der Waals surface area contributed by atoms with Crippen LogP contribution in [0.2, 0.25) is 17.3 Å². The summed E-state index contributed by atoms with van der Waals surface area (Å²) < 4.78 is 149. The quantitative estimate of drug-likeness (QED) is 0.0351. The van der Waals surface area contributed by atoms with E-state index in [4.69, 9.17) is 46.4 Å². The summed E-state index contributed by atoms with van der Waals surface area (Å²) in [5.41, 5.74) is 4.70. The molecule has 12 aromatic rings. The number of urea groups is 4. The first-order valence-corrected chi connectivity index (χ1v) is 46.6. The lowest BCUT2D eigenvalue weighted by Gasteiger charge is -2.15. The van der Waals surface area contributed by atoms with Crippen LogP contribution in [0.25, 0.3) is 0 Å². The van der Waals surface area contributed by atoms with Gasteiger partial charge in [-0.05, 0) is 125 Å². The maximum absolute atomic E-state index is 14.7. The molecule has 650 valence electrons. The SMILES string of the molecule is O=C(Nc1cc(F)c(N2N=C(c3ccccc3)CC2=O)c(F)c1)NS(=O)(=O)c1ccc(Cl)s1.O=C(Nc1ccc(N2N=C(c3ccccc3)CC2=O)c(F)c1)NS(=O)(=O)c1ccc(Cl)s1.O=C(Nc1ccc(N2N=C(c3ccccc3)CC2=O)cn1)NS(=O)(=O)c1ccc(Cl)s1.O=C(Nc1ccc(N2N=C(c3ccccc3)CC2=O)nc1)NS(=O)(=O)c1ccc(Cl)s1. The van der Waals surface area contributed by atoms with E-state index in [-0.39, 0.29) is 106 Å². The highest BCUT2D eigenvalue weighted by atomic mass is 35.5. The highest BCUT2D eigenvalue weighted by molar-refractivity contribution is 7.93. The lowest BCUT2D eigenvalue weighted by Crippen LogP contribution is -2.34. The van der Waals surface area contributed by atoms with E-state index in [0.717, 1.165) is 85.2 Å². The molecule has 0 fully saturated rings. The van der Waals surface area contributed by atoms with Crippen molar-refractivity contribution in [3.8, 4) is 0 Å². The van der Waals surface area contributed by atoms with Gasteiger partial charge in [-0.25, -0.2) is 94.9 Å². The van der Waals surface area contributed by atoms with Gasteiger partial charge in [-0.15, -0.1) is 45.3 Å². The van der Waals surface area contributed by atoms with Crippen LogP contribution in [-0.4, -0.2) is 114 Å². The third-order valence-electron chi connectivity index (χ3n) is 17.1. The van der Waals surface area contributed by atoms with E-state index in [9.17, 15) is 85.2 Å². The maximum atomic E-state index is 14.7. The smallest absolute Gasteiger partial charge is 0.307 e. The minimum atomic E-state index is -4.23. The molecule has 4 aliphatic rings. The fourth-order valence-corrected chi connectivity index (χ4v) is 21.0. The fourth-order valence-electron chi connectivity index (χ4n) is 11.5. The van der Waals surface area contributed by atoms with Gasteiger partial charge in [0, 0.05) is 11.4 Å². The number of nitrogens with zero attached hydrogens (tertiary/aromatic N) is 10. The van der Waals surface area contributed by atoms with Crippen molar-refractivity contribution in [2.24, 2.45) is 20.4 Å². The third kappa shape index (κ3) is 23.3. The summed E-state index contributed by atoms with van der Waals surface area (Å²) in [5, 5.41) is 30.0. The molecular weight excluding hydrogens is 1900 g/mol. The summed E-state index contributed by atoms with van der Waals surface area (Å²) >= 11 is 26.1. The van der Waals surface area contributed by atoms with Gasteiger partial charge >= 0.3 is 24.1 Å². The van der Waals surface area contributed by atoms with E-state index in [0.29, 0.717) is 39.1 Å². The fraction of sp³-hybridized carbons (Fsp3) is 0.0513. The summed E-state index contributed by atoms with van der Waals surface area (Å²) in [4.78, 5) is 106. The summed E-state index contributed by atoms with van der Waals surface area (Å²) in [6.45, 7) is 0. The summed E-state index contributed by atoms with van der Waals surface area (Å²) in [6.07, 6.45) is 2.85. The number of anilines is 8. The minimum Gasteiger partial charge on any atom is -0.307 e. The van der Waals surface area contributed by atoms with Crippen molar-refractivity contribution in [2.45, 2.75) is 42.5 Å². The van der Waals surface area contributed by atoms with Crippen molar-refractivity contribution in [3.05, 3.63) is 294 Å². The second-order valence-electron chi connectivity index (χ2n) is 25.9. The number of hydrogen-bond donors (Lipinski definition) is 8. The van der Waals surface area contributed by atoms with Crippen LogP contribution >= 0.6 is 91.8 Å². The second kappa shape index (κ2) is 39.6. The van der Waals surface area contributed by atoms with Crippen LogP contribution in [0.1, 0.15) is 47.9 Å². The molecule has 8 N–H and O–H groups in total. The van der Waals surface area contributed by atoms with Crippen molar-refractivity contribution in [1.29, 1.82) is 0 Å². The molecule has 34 nitrogen and oxygen atoms in total. The van der Waals surface area contributed by atoms with Crippen LogP contribution in [0, 0.1) is 17.5 Å². The molecule has 10 heterocycles. The van der Waals surface area contributed by atoms with Gasteiger partial charge in [-0.1, -0.05) is 168 Å². The number of amides is 12. The Balaban J connectivity index is 0.000000145. The number of thiophene rings is 4. The number of aromatic nitrogens is 2. The summed E-state index contributed by atoms with van der Waals surface area (Å²) in [5.74, 6) is -4.27. The normalized spacial score (nSPS) is 13.8. The van der Waals surface area contributed by atoms with E-state index >= 15 is 0 Å². The number of rotatable bonds is 20. The number of pyridine rings is 2. The zero-order chi connectivity index (χ0) is 90.7. The Morgan fingerprint density at radius 2 is 0.661 bits per heavy atom. The standard InChI is InChI=1S/C20H13ClF2N4O4S2.C20H14ClFN4O4S2.2C19H14ClN5O4S2/c21-16-6-7-18(32-16)33(30,31)26-20(29)24-12-8-13(22)19(14(23)9-12)27-17(28)10-15(25-27)11-4-2-1-3-5-11;21-17-8-9-19(31-17)32(29,30)25-20(28)23-13-6-7-16(14(22)10-13)26-18(27)11-15(24-26)12-4-2-1-3-5-12;20-15-7-9-18(30-15)31(28,29)24-19(27)22-16-8-6-13(11-21-16)25-17(26)10-14(23-25)12-4-2-1-3-5-12;20-15-7-9-18(30-15)31(28,29)24-19(27)22-13-6-8-16(21-11-13)25-17(26)10-14(23-25)12-4-2-1-3-5-12/h1-9H,10H2,(H2,24,26,29);1-10H,11H2,(H2,23,25,28);1-9,11H,10H2,(H2,21,22,24,27);1-9,11H,10H2,(H2,22,24,27). The van der Waals surface area contributed by atoms with Gasteiger partial charge in [0.15, 0.2) is 23.3 Å². The molecule has 127 heavy (non-hydrogen) atoms. The molecule has 0 aliphatic carbocycles. The number of hydrogen-bond acceptors (Lipinski definition) is 26. The Bertz CT molecular complexity index is 6710. The van der Waals surface area contributed by atoms with Crippen LogP contribution in [0.15, 0.2) is 274 Å². The van der Waals surface area contributed by atoms with Crippen LogP contribution in [0.5, 0.6) is 0 Å². The molecule has 12 amide bonds. The zero-order valence-corrected chi connectivity index (χ0v) is 73.3. The molecule has 4 aliphatic heterocycles. The molecule has 0 atom stereocenters. The van der Waals surface area contributed by atoms with Crippen LogP contribution in [0.3, 0.4) is 0 Å². The van der Waals surface area contributed by atoms with Gasteiger partial charge < -0.3 is 16.0 Å². The van der Waals surface area contributed by atoms with Gasteiger partial charge in [0.05, 0.1) is 89.6 Å². The lowest BCUT2D eigenvalue weighted by atomic mass is 10.1. The monoisotopic (exact) mass is 1950 g/mol. The predicted molar refractivity (Wildman–Crippen MR) is 476 cm³/mol. The largest absolute Gasteiger partial charge is 0.334 e. The first-order valence-electron chi connectivity index (χ1n) is 35.9. The second-order valence-corrected chi connectivity index (χ2v) is 40.4. The van der Waals surface area contributed by atoms with Crippen LogP contribution < -0.4 is 60.2 Å². The van der Waals surface area contributed by atoms with Gasteiger partial charge in [-0.2, -0.15) is 40.4 Å². The summed E-state index contributed by atoms with van der Waals surface area (Å²) in [6, 6.07) is 53.8. The van der Waals surface area contributed by atoms with Crippen LogP contribution in [-0.2, 0) is 59.3 Å². The highest BCUT2D eigenvalue weighted by Crippen LogP contribution is 2.35. The molecule has 0 saturated heterocycles. The summed E-state index contributed by atoms with van der Waals surface area (Å²) in [7, 11) is -16.4. The number of carbonyl (C=O) groups excluding carboxylic acids is 8. The Morgan fingerprint density at radius 1 is 0.331 bits per heavy atom. The Hall–Kier alpha value is -13.2. The van der Waals surface area contributed by atoms with E-state index in [1.54, 1.807) is 53.3 Å². The lowest BCUT2D eigenvalue weighted by molar-refractivity contribution is -0.117. The molecule has 0 unspecified atom stereocenters. The van der Waals surface area contributed by atoms with Gasteiger partial charge in [0.2, 0.25) is 0 Å². The number of hydrazone groups is 4. The van der Waals surface area contributed by atoms with Crippen molar-refractivity contribution < 1.29 is 85.2 Å². The highest BCUT2D eigenvalue weighted by Gasteiger charge is 2.35. The van der Waals surface area contributed by atoms with Gasteiger partial charge in [0.1, 0.15) is 34.0 Å². The topological polar surface area (TPSA) is 458 Å². The number of benzene rings is 6. The molecule has 0 radical (unpaired) electrons. The third-order valence-corrected chi connectivity index (χ3v) is 29.3. The molecule has 6 aromatic carbocycles. The molecule has 0 saturated carbocycles. The Labute approximate surface area is 754 Å². The minimum absolute atomic E-state index is 0.0120.